The number of rotatable bonds is 3. The maximum Gasteiger partial charge on any atom is 0.209 e. The molecule has 0 aromatic heterocycles. The van der Waals surface area contributed by atoms with Crippen molar-refractivity contribution in [1.82, 2.24) is 4.90 Å². The van der Waals surface area contributed by atoms with Gasteiger partial charge in [-0.1, -0.05) is 37.3 Å². The van der Waals surface area contributed by atoms with Gasteiger partial charge in [-0.3, -0.25) is 4.79 Å². The summed E-state index contributed by atoms with van der Waals surface area (Å²) >= 11 is 0. The van der Waals surface area contributed by atoms with Gasteiger partial charge in [0.2, 0.25) is 6.41 Å². The summed E-state index contributed by atoms with van der Waals surface area (Å²) in [5, 5.41) is 0. The van der Waals surface area contributed by atoms with E-state index in [4.69, 9.17) is 0 Å². The summed E-state index contributed by atoms with van der Waals surface area (Å²) < 4.78 is 0. The molecular weight excluding hydrogens is 174 g/mol. The summed E-state index contributed by atoms with van der Waals surface area (Å²) in [6, 6.07) is 10.5. The van der Waals surface area contributed by atoms with Crippen LogP contribution < -0.4 is 0 Å². The molecular formula is C12H15NO. The molecule has 1 aromatic carbocycles. The molecule has 1 fully saturated rings. The van der Waals surface area contributed by atoms with Crippen LogP contribution in [0.15, 0.2) is 30.3 Å². The van der Waals surface area contributed by atoms with Crippen LogP contribution in [0.5, 0.6) is 0 Å². The summed E-state index contributed by atoms with van der Waals surface area (Å²) in [5.41, 5.74) is 1.38. The first-order chi connectivity index (χ1) is 6.81. The topological polar surface area (TPSA) is 20.3 Å². The first kappa shape index (κ1) is 9.25. The van der Waals surface area contributed by atoms with Gasteiger partial charge in [0, 0.05) is 19.0 Å². The largest absolute Gasteiger partial charge is 0.345 e. The molecule has 1 saturated heterocycles. The van der Waals surface area contributed by atoms with Crippen LogP contribution in [0.2, 0.25) is 0 Å². The predicted octanol–water partition coefficient (Wildman–Crippen LogP) is 1.88. The molecule has 14 heavy (non-hydrogen) atoms. The zero-order chi connectivity index (χ0) is 9.97. The second-order valence-corrected chi connectivity index (χ2v) is 4.02. The molecule has 1 unspecified atom stereocenters. The van der Waals surface area contributed by atoms with Gasteiger partial charge in [-0.2, -0.15) is 0 Å². The van der Waals surface area contributed by atoms with E-state index in [0.717, 1.165) is 19.5 Å². The highest BCUT2D eigenvalue weighted by Crippen LogP contribution is 2.30. The molecule has 2 rings (SSSR count). The number of nitrogens with zero attached hydrogens (tertiary/aromatic N) is 1. The lowest BCUT2D eigenvalue weighted by atomic mass is 9.83. The number of hydrogen-bond donors (Lipinski definition) is 0. The molecule has 0 spiro atoms. The lowest BCUT2D eigenvalue weighted by Gasteiger charge is -2.40. The van der Waals surface area contributed by atoms with E-state index in [9.17, 15) is 4.79 Å². The monoisotopic (exact) mass is 189 g/mol. The third kappa shape index (κ3) is 1.65. The number of amides is 1. The van der Waals surface area contributed by atoms with E-state index < -0.39 is 0 Å². The lowest BCUT2D eigenvalue weighted by Crippen LogP contribution is -2.47. The summed E-state index contributed by atoms with van der Waals surface area (Å²) in [5.74, 6) is 1.20. The van der Waals surface area contributed by atoms with Crippen LogP contribution >= 0.6 is 0 Å². The first-order valence-corrected chi connectivity index (χ1v) is 5.05. The molecule has 0 radical (unpaired) electrons. The number of carbonyl (C=O) groups is 1. The number of benzene rings is 1. The minimum Gasteiger partial charge on any atom is -0.345 e. The summed E-state index contributed by atoms with van der Waals surface area (Å²) in [7, 11) is 0. The van der Waals surface area contributed by atoms with Crippen LogP contribution in [0.4, 0.5) is 0 Å². The second kappa shape index (κ2) is 3.82. The van der Waals surface area contributed by atoms with Crippen LogP contribution in [-0.4, -0.2) is 24.4 Å². The Hall–Kier alpha value is -1.31. The molecule has 1 amide bonds. The third-order valence-corrected chi connectivity index (χ3v) is 3.12. The number of likely N-dealkylation sites (tertiary alicyclic amines) is 1. The standard InChI is InChI=1S/C12H15NO/c1-10(11-5-3-2-4-6-11)12-7-13(8-12)9-14/h2-6,9-10,12H,7-8H2,1H3. The van der Waals surface area contributed by atoms with Gasteiger partial charge in [0.05, 0.1) is 0 Å². The minimum absolute atomic E-state index is 0.562. The van der Waals surface area contributed by atoms with Crippen LogP contribution in [0, 0.1) is 5.92 Å². The fourth-order valence-electron chi connectivity index (χ4n) is 1.98. The summed E-state index contributed by atoms with van der Waals surface area (Å²) in [6.07, 6.45) is 0.939. The first-order valence-electron chi connectivity index (χ1n) is 5.05. The third-order valence-electron chi connectivity index (χ3n) is 3.12. The van der Waals surface area contributed by atoms with Gasteiger partial charge in [-0.15, -0.1) is 0 Å². The van der Waals surface area contributed by atoms with Crippen molar-refractivity contribution in [3.63, 3.8) is 0 Å². The normalized spacial score (nSPS) is 18.8. The maximum absolute atomic E-state index is 10.4. The Kier molecular flexibility index (Phi) is 2.53. The van der Waals surface area contributed by atoms with Crippen LogP contribution in [0.1, 0.15) is 18.4 Å². The number of hydrogen-bond acceptors (Lipinski definition) is 1. The zero-order valence-corrected chi connectivity index (χ0v) is 8.39. The van der Waals surface area contributed by atoms with E-state index in [0.29, 0.717) is 11.8 Å². The van der Waals surface area contributed by atoms with E-state index in [1.54, 1.807) is 0 Å². The van der Waals surface area contributed by atoms with Crippen molar-refractivity contribution in [1.29, 1.82) is 0 Å². The summed E-state index contributed by atoms with van der Waals surface area (Å²) in [4.78, 5) is 12.2. The summed E-state index contributed by atoms with van der Waals surface area (Å²) in [6.45, 7) is 4.07. The van der Waals surface area contributed by atoms with Crippen molar-refractivity contribution in [2.24, 2.45) is 5.92 Å². The molecule has 74 valence electrons. The molecule has 0 bridgehead atoms. The molecule has 0 N–H and O–H groups in total. The highest BCUT2D eigenvalue weighted by Gasteiger charge is 2.30. The van der Waals surface area contributed by atoms with Crippen LogP contribution in [0.3, 0.4) is 0 Å². The Morgan fingerprint density at radius 1 is 1.36 bits per heavy atom. The fourth-order valence-corrected chi connectivity index (χ4v) is 1.98. The Bertz CT molecular complexity index is 303. The quantitative estimate of drug-likeness (QED) is 0.665. The molecule has 2 heteroatoms. The molecule has 1 atom stereocenters. The van der Waals surface area contributed by atoms with Crippen molar-refractivity contribution in [3.05, 3.63) is 35.9 Å². The molecule has 1 aliphatic heterocycles. The highest BCUT2D eigenvalue weighted by atomic mass is 16.1. The Labute approximate surface area is 84.5 Å². The Morgan fingerprint density at radius 2 is 2.00 bits per heavy atom. The van der Waals surface area contributed by atoms with Gasteiger partial charge in [0.25, 0.3) is 0 Å². The van der Waals surface area contributed by atoms with E-state index in [1.165, 1.54) is 5.56 Å². The second-order valence-electron chi connectivity index (χ2n) is 4.02. The van der Waals surface area contributed by atoms with Crippen molar-refractivity contribution < 1.29 is 4.79 Å². The van der Waals surface area contributed by atoms with Gasteiger partial charge in [0.15, 0.2) is 0 Å². The van der Waals surface area contributed by atoms with Crippen molar-refractivity contribution in [3.8, 4) is 0 Å². The average molecular weight is 189 g/mol. The van der Waals surface area contributed by atoms with E-state index in [2.05, 4.69) is 31.2 Å². The molecule has 0 aliphatic carbocycles. The van der Waals surface area contributed by atoms with Gasteiger partial charge in [0.1, 0.15) is 0 Å². The van der Waals surface area contributed by atoms with Crippen LogP contribution in [-0.2, 0) is 4.79 Å². The zero-order valence-electron chi connectivity index (χ0n) is 8.39. The SMILES string of the molecule is CC(c1ccccc1)C1CN(C=O)C1. The van der Waals surface area contributed by atoms with E-state index >= 15 is 0 Å². The Balaban J connectivity index is 1.97. The molecule has 2 nitrogen and oxygen atoms in total. The van der Waals surface area contributed by atoms with Gasteiger partial charge in [-0.05, 0) is 11.5 Å². The average Bonchev–Trinajstić information content (AvgIpc) is 2.17. The van der Waals surface area contributed by atoms with Gasteiger partial charge >= 0.3 is 0 Å². The van der Waals surface area contributed by atoms with Crippen LogP contribution in [0.25, 0.3) is 0 Å². The molecule has 1 aromatic rings. The van der Waals surface area contributed by atoms with Crippen molar-refractivity contribution in [2.75, 3.05) is 13.1 Å². The van der Waals surface area contributed by atoms with Gasteiger partial charge < -0.3 is 4.90 Å². The van der Waals surface area contributed by atoms with Crippen molar-refractivity contribution >= 4 is 6.41 Å². The highest BCUT2D eigenvalue weighted by molar-refractivity contribution is 5.49. The van der Waals surface area contributed by atoms with E-state index in [1.807, 2.05) is 11.0 Å². The minimum atomic E-state index is 0.562. The molecule has 0 saturated carbocycles. The van der Waals surface area contributed by atoms with Gasteiger partial charge in [-0.25, -0.2) is 0 Å². The van der Waals surface area contributed by atoms with E-state index in [-0.39, 0.29) is 0 Å². The number of carbonyl (C=O) groups excluding carboxylic acids is 1. The predicted molar refractivity (Wildman–Crippen MR) is 56.0 cm³/mol. The fraction of sp³-hybridized carbons (Fsp3) is 0.417. The van der Waals surface area contributed by atoms with Crippen molar-refractivity contribution in [2.45, 2.75) is 12.8 Å². The Morgan fingerprint density at radius 3 is 2.57 bits per heavy atom. The smallest absolute Gasteiger partial charge is 0.209 e. The lowest BCUT2D eigenvalue weighted by molar-refractivity contribution is -0.124. The molecule has 1 aliphatic rings. The maximum atomic E-state index is 10.4. The molecule has 1 heterocycles.